The van der Waals surface area contributed by atoms with Crippen molar-refractivity contribution in [2.75, 3.05) is 5.32 Å². The van der Waals surface area contributed by atoms with Gasteiger partial charge in [0.15, 0.2) is 0 Å². The fourth-order valence-electron chi connectivity index (χ4n) is 1.50. The lowest BCUT2D eigenvalue weighted by Crippen LogP contribution is -2.13. The SMILES string of the molecule is Cc1cnccc1C(=O)Nc1ccc(F)c(Cl)c1. The van der Waals surface area contributed by atoms with Gasteiger partial charge in [0, 0.05) is 23.6 Å². The van der Waals surface area contributed by atoms with Crippen LogP contribution in [-0.2, 0) is 0 Å². The number of hydrogen-bond donors (Lipinski definition) is 1. The summed E-state index contributed by atoms with van der Waals surface area (Å²) in [7, 11) is 0. The molecule has 0 saturated heterocycles. The van der Waals surface area contributed by atoms with E-state index in [9.17, 15) is 9.18 Å². The van der Waals surface area contributed by atoms with Crippen LogP contribution in [0.5, 0.6) is 0 Å². The van der Waals surface area contributed by atoms with Crippen molar-refractivity contribution in [1.82, 2.24) is 4.98 Å². The maximum absolute atomic E-state index is 13.0. The number of aromatic nitrogens is 1. The van der Waals surface area contributed by atoms with Crippen LogP contribution in [0.2, 0.25) is 5.02 Å². The number of halogens is 2. The zero-order chi connectivity index (χ0) is 13.1. The Bertz CT molecular complexity index is 601. The second kappa shape index (κ2) is 5.14. The standard InChI is InChI=1S/C13H10ClFN2O/c1-8-7-16-5-4-10(8)13(18)17-9-2-3-12(15)11(14)6-9/h2-7H,1H3,(H,17,18). The van der Waals surface area contributed by atoms with E-state index >= 15 is 0 Å². The van der Waals surface area contributed by atoms with Gasteiger partial charge in [-0.3, -0.25) is 9.78 Å². The van der Waals surface area contributed by atoms with Crippen LogP contribution in [0.4, 0.5) is 10.1 Å². The summed E-state index contributed by atoms with van der Waals surface area (Å²) in [6.45, 7) is 1.79. The minimum absolute atomic E-state index is 0.0285. The van der Waals surface area contributed by atoms with Crippen LogP contribution in [0, 0.1) is 12.7 Å². The highest BCUT2D eigenvalue weighted by Crippen LogP contribution is 2.20. The Morgan fingerprint density at radius 1 is 1.39 bits per heavy atom. The molecule has 1 aromatic carbocycles. The zero-order valence-corrected chi connectivity index (χ0v) is 10.3. The molecule has 1 aromatic heterocycles. The Hall–Kier alpha value is -1.94. The highest BCUT2D eigenvalue weighted by atomic mass is 35.5. The van der Waals surface area contributed by atoms with E-state index in [0.29, 0.717) is 11.3 Å². The summed E-state index contributed by atoms with van der Waals surface area (Å²) in [6, 6.07) is 5.65. The number of carbonyl (C=O) groups is 1. The quantitative estimate of drug-likeness (QED) is 0.903. The second-order valence-corrected chi connectivity index (χ2v) is 4.18. The topological polar surface area (TPSA) is 42.0 Å². The molecule has 0 saturated carbocycles. The molecule has 3 nitrogen and oxygen atoms in total. The van der Waals surface area contributed by atoms with Gasteiger partial charge in [-0.2, -0.15) is 0 Å². The molecule has 92 valence electrons. The van der Waals surface area contributed by atoms with E-state index in [0.717, 1.165) is 5.56 Å². The molecule has 5 heteroatoms. The van der Waals surface area contributed by atoms with E-state index in [1.807, 2.05) is 0 Å². The predicted octanol–water partition coefficient (Wildman–Crippen LogP) is 3.43. The number of pyridine rings is 1. The molecule has 0 fully saturated rings. The Morgan fingerprint density at radius 2 is 2.17 bits per heavy atom. The van der Waals surface area contributed by atoms with Crippen molar-refractivity contribution in [3.63, 3.8) is 0 Å². The number of nitrogens with zero attached hydrogens (tertiary/aromatic N) is 1. The molecule has 2 aromatic rings. The number of hydrogen-bond acceptors (Lipinski definition) is 2. The maximum atomic E-state index is 13.0. The molecule has 0 aliphatic heterocycles. The van der Waals surface area contributed by atoms with Crippen molar-refractivity contribution < 1.29 is 9.18 Å². The molecule has 0 spiro atoms. The first-order valence-corrected chi connectivity index (χ1v) is 5.63. The lowest BCUT2D eigenvalue weighted by Gasteiger charge is -2.07. The second-order valence-electron chi connectivity index (χ2n) is 3.77. The molecule has 18 heavy (non-hydrogen) atoms. The van der Waals surface area contributed by atoms with Crippen molar-refractivity contribution in [1.29, 1.82) is 0 Å². The van der Waals surface area contributed by atoms with Gasteiger partial charge in [-0.1, -0.05) is 11.6 Å². The normalized spacial score (nSPS) is 10.2. The Morgan fingerprint density at radius 3 is 2.83 bits per heavy atom. The van der Waals surface area contributed by atoms with Crippen molar-refractivity contribution in [2.24, 2.45) is 0 Å². The van der Waals surface area contributed by atoms with Crippen molar-refractivity contribution in [3.05, 3.63) is 58.6 Å². The molecular formula is C13H10ClFN2O. The van der Waals surface area contributed by atoms with Gasteiger partial charge in [0.1, 0.15) is 5.82 Å². The van der Waals surface area contributed by atoms with Gasteiger partial charge in [-0.05, 0) is 36.8 Å². The third-order valence-electron chi connectivity index (χ3n) is 2.44. The number of carbonyl (C=O) groups excluding carboxylic acids is 1. The minimum Gasteiger partial charge on any atom is -0.322 e. The number of amides is 1. The Balaban J connectivity index is 2.22. The van der Waals surface area contributed by atoms with Crippen LogP contribution >= 0.6 is 11.6 Å². The van der Waals surface area contributed by atoms with Gasteiger partial charge in [0.2, 0.25) is 0 Å². The van der Waals surface area contributed by atoms with Gasteiger partial charge in [-0.25, -0.2) is 4.39 Å². The first kappa shape index (κ1) is 12.5. The van der Waals surface area contributed by atoms with Gasteiger partial charge in [0.05, 0.1) is 5.02 Å². The lowest BCUT2D eigenvalue weighted by atomic mass is 10.1. The van der Waals surface area contributed by atoms with Crippen LogP contribution in [0.25, 0.3) is 0 Å². The van der Waals surface area contributed by atoms with Gasteiger partial charge in [0.25, 0.3) is 5.91 Å². The third-order valence-corrected chi connectivity index (χ3v) is 2.73. The molecule has 0 atom stereocenters. The Kier molecular flexibility index (Phi) is 3.58. The van der Waals surface area contributed by atoms with Gasteiger partial charge >= 0.3 is 0 Å². The van der Waals surface area contributed by atoms with Crippen molar-refractivity contribution >= 4 is 23.2 Å². The maximum Gasteiger partial charge on any atom is 0.256 e. The molecule has 0 aliphatic rings. The van der Waals surface area contributed by atoms with Crippen molar-refractivity contribution in [3.8, 4) is 0 Å². The first-order chi connectivity index (χ1) is 8.58. The minimum atomic E-state index is -0.519. The van der Waals surface area contributed by atoms with Crippen LogP contribution in [0.15, 0.2) is 36.7 Å². The largest absolute Gasteiger partial charge is 0.322 e. The summed E-state index contributed by atoms with van der Waals surface area (Å²) < 4.78 is 13.0. The van der Waals surface area contributed by atoms with E-state index in [-0.39, 0.29) is 10.9 Å². The van der Waals surface area contributed by atoms with Crippen LogP contribution in [0.1, 0.15) is 15.9 Å². The van der Waals surface area contributed by atoms with E-state index in [1.54, 1.807) is 25.4 Å². The molecule has 0 bridgehead atoms. The predicted molar refractivity (Wildman–Crippen MR) is 68.3 cm³/mol. The average molecular weight is 265 g/mol. The molecule has 0 radical (unpaired) electrons. The summed E-state index contributed by atoms with van der Waals surface area (Å²) in [5.41, 5.74) is 1.73. The fourth-order valence-corrected chi connectivity index (χ4v) is 1.68. The van der Waals surface area contributed by atoms with E-state index in [4.69, 9.17) is 11.6 Å². The van der Waals surface area contributed by atoms with Gasteiger partial charge in [-0.15, -0.1) is 0 Å². The zero-order valence-electron chi connectivity index (χ0n) is 9.58. The lowest BCUT2D eigenvalue weighted by molar-refractivity contribution is 0.102. The molecular weight excluding hydrogens is 255 g/mol. The number of benzene rings is 1. The number of nitrogens with one attached hydrogen (secondary N) is 1. The highest BCUT2D eigenvalue weighted by molar-refractivity contribution is 6.31. The Labute approximate surface area is 109 Å². The van der Waals surface area contributed by atoms with Gasteiger partial charge < -0.3 is 5.32 Å². The first-order valence-electron chi connectivity index (χ1n) is 5.25. The summed E-state index contributed by atoms with van der Waals surface area (Å²) in [4.78, 5) is 15.9. The van der Waals surface area contributed by atoms with E-state index in [2.05, 4.69) is 10.3 Å². The summed E-state index contributed by atoms with van der Waals surface area (Å²) in [6.07, 6.45) is 3.14. The molecule has 1 amide bonds. The van der Waals surface area contributed by atoms with Crippen LogP contribution < -0.4 is 5.32 Å². The molecule has 1 heterocycles. The number of rotatable bonds is 2. The summed E-state index contributed by atoms with van der Waals surface area (Å²) in [5.74, 6) is -0.799. The number of aryl methyl sites for hydroxylation is 1. The smallest absolute Gasteiger partial charge is 0.256 e. The molecule has 1 N–H and O–H groups in total. The summed E-state index contributed by atoms with van der Waals surface area (Å²) >= 11 is 5.64. The van der Waals surface area contributed by atoms with E-state index < -0.39 is 5.82 Å². The van der Waals surface area contributed by atoms with E-state index in [1.165, 1.54) is 18.2 Å². The van der Waals surface area contributed by atoms with Crippen LogP contribution in [0.3, 0.4) is 0 Å². The fraction of sp³-hybridized carbons (Fsp3) is 0.0769. The molecule has 0 aliphatic carbocycles. The molecule has 0 unspecified atom stereocenters. The summed E-state index contributed by atoms with van der Waals surface area (Å²) in [5, 5.41) is 2.62. The molecule has 2 rings (SSSR count). The third kappa shape index (κ3) is 2.65. The van der Waals surface area contributed by atoms with Crippen LogP contribution in [-0.4, -0.2) is 10.9 Å². The number of anilines is 1. The highest BCUT2D eigenvalue weighted by Gasteiger charge is 2.09. The average Bonchev–Trinajstić information content (AvgIpc) is 2.34. The van der Waals surface area contributed by atoms with Crippen molar-refractivity contribution in [2.45, 2.75) is 6.92 Å². The monoisotopic (exact) mass is 264 g/mol.